The summed E-state index contributed by atoms with van der Waals surface area (Å²) in [6.45, 7) is 5.96. The maximum atomic E-state index is 5.83. The predicted molar refractivity (Wildman–Crippen MR) is 76.0 cm³/mol. The van der Waals surface area contributed by atoms with E-state index in [9.17, 15) is 0 Å². The predicted octanol–water partition coefficient (Wildman–Crippen LogP) is 3.32. The van der Waals surface area contributed by atoms with Crippen molar-refractivity contribution in [2.24, 2.45) is 11.1 Å². The quantitative estimate of drug-likeness (QED) is 0.783. The molecule has 0 amide bonds. The summed E-state index contributed by atoms with van der Waals surface area (Å²) in [7, 11) is 0. The maximum Gasteiger partial charge on any atom is 0.119 e. The number of aryl methyl sites for hydroxylation is 2. The molecule has 0 heterocycles. The lowest BCUT2D eigenvalue weighted by molar-refractivity contribution is 0.261. The molecule has 0 unspecified atom stereocenters. The Bertz CT molecular complexity index is 398. The van der Waals surface area contributed by atoms with Gasteiger partial charge in [0.05, 0.1) is 6.61 Å². The average Bonchev–Trinajstić information content (AvgIpc) is 2.82. The van der Waals surface area contributed by atoms with E-state index in [4.69, 9.17) is 10.5 Å². The number of nitrogens with two attached hydrogens (primary N) is 1. The van der Waals surface area contributed by atoms with E-state index in [0.29, 0.717) is 0 Å². The standard InChI is InChI=1S/C16H25NO/c1-16(2,12-17)9-4-10-18-15-8-7-13-5-3-6-14(13)11-15/h7-8,11H,3-6,9-10,12,17H2,1-2H3. The molecular formula is C16H25NO. The second kappa shape index (κ2) is 5.75. The molecule has 0 saturated heterocycles. The van der Waals surface area contributed by atoms with Gasteiger partial charge >= 0.3 is 0 Å². The van der Waals surface area contributed by atoms with Gasteiger partial charge in [0.15, 0.2) is 0 Å². The van der Waals surface area contributed by atoms with Crippen LogP contribution in [0.4, 0.5) is 0 Å². The Morgan fingerprint density at radius 2 is 2.00 bits per heavy atom. The zero-order chi connectivity index (χ0) is 13.0. The summed E-state index contributed by atoms with van der Waals surface area (Å²) >= 11 is 0. The Labute approximate surface area is 111 Å². The summed E-state index contributed by atoms with van der Waals surface area (Å²) in [6, 6.07) is 6.55. The lowest BCUT2D eigenvalue weighted by atomic mass is 9.88. The number of benzene rings is 1. The van der Waals surface area contributed by atoms with E-state index in [2.05, 4.69) is 32.0 Å². The summed E-state index contributed by atoms with van der Waals surface area (Å²) in [4.78, 5) is 0. The summed E-state index contributed by atoms with van der Waals surface area (Å²) in [5, 5.41) is 0. The number of hydrogen-bond donors (Lipinski definition) is 1. The third kappa shape index (κ3) is 3.49. The molecule has 0 aliphatic heterocycles. The Kier molecular flexibility index (Phi) is 4.28. The molecule has 18 heavy (non-hydrogen) atoms. The Morgan fingerprint density at radius 3 is 2.78 bits per heavy atom. The summed E-state index contributed by atoms with van der Waals surface area (Å²) in [6.07, 6.45) is 5.94. The van der Waals surface area contributed by atoms with Crippen LogP contribution < -0.4 is 10.5 Å². The van der Waals surface area contributed by atoms with E-state index in [1.807, 2.05) is 0 Å². The van der Waals surface area contributed by atoms with E-state index in [1.165, 1.54) is 30.4 Å². The van der Waals surface area contributed by atoms with E-state index >= 15 is 0 Å². The largest absolute Gasteiger partial charge is 0.494 e. The molecule has 100 valence electrons. The smallest absolute Gasteiger partial charge is 0.119 e. The summed E-state index contributed by atoms with van der Waals surface area (Å²) in [5.74, 6) is 1.03. The van der Waals surface area contributed by atoms with Crippen LogP contribution in [0.5, 0.6) is 5.75 Å². The first-order chi connectivity index (χ1) is 8.61. The van der Waals surface area contributed by atoms with Gasteiger partial charge in [-0.05, 0) is 67.3 Å². The Hall–Kier alpha value is -1.02. The fourth-order valence-electron chi connectivity index (χ4n) is 2.48. The van der Waals surface area contributed by atoms with E-state index < -0.39 is 0 Å². The molecule has 1 aliphatic carbocycles. The maximum absolute atomic E-state index is 5.83. The van der Waals surface area contributed by atoms with Crippen LogP contribution in [0, 0.1) is 5.41 Å². The van der Waals surface area contributed by atoms with E-state index in [-0.39, 0.29) is 5.41 Å². The second-order valence-electron chi connectivity index (χ2n) is 6.10. The molecule has 2 rings (SSSR count). The summed E-state index contributed by atoms with van der Waals surface area (Å²) < 4.78 is 5.83. The van der Waals surface area contributed by atoms with Crippen molar-refractivity contribution in [2.45, 2.75) is 46.0 Å². The molecule has 0 spiro atoms. The molecule has 0 aromatic heterocycles. The van der Waals surface area contributed by atoms with Crippen LogP contribution in [0.3, 0.4) is 0 Å². The van der Waals surface area contributed by atoms with Gasteiger partial charge in [-0.25, -0.2) is 0 Å². The molecule has 2 nitrogen and oxygen atoms in total. The number of hydrogen-bond acceptors (Lipinski definition) is 2. The first-order valence-electron chi connectivity index (χ1n) is 7.05. The highest BCUT2D eigenvalue weighted by molar-refractivity contribution is 5.38. The van der Waals surface area contributed by atoms with E-state index in [0.717, 1.165) is 31.7 Å². The molecule has 2 heteroatoms. The molecule has 0 saturated carbocycles. The molecule has 0 fully saturated rings. The zero-order valence-electron chi connectivity index (χ0n) is 11.7. The highest BCUT2D eigenvalue weighted by atomic mass is 16.5. The van der Waals surface area contributed by atoms with Crippen molar-refractivity contribution >= 4 is 0 Å². The molecule has 0 radical (unpaired) electrons. The zero-order valence-corrected chi connectivity index (χ0v) is 11.7. The van der Waals surface area contributed by atoms with Crippen LogP contribution in [-0.4, -0.2) is 13.2 Å². The van der Waals surface area contributed by atoms with Crippen molar-refractivity contribution in [3.63, 3.8) is 0 Å². The van der Waals surface area contributed by atoms with Crippen molar-refractivity contribution in [2.75, 3.05) is 13.2 Å². The molecule has 1 aromatic carbocycles. The van der Waals surface area contributed by atoms with Gasteiger partial charge in [-0.1, -0.05) is 19.9 Å². The van der Waals surface area contributed by atoms with Gasteiger partial charge in [-0.15, -0.1) is 0 Å². The minimum atomic E-state index is 0.237. The highest BCUT2D eigenvalue weighted by Crippen LogP contribution is 2.26. The highest BCUT2D eigenvalue weighted by Gasteiger charge is 2.15. The first-order valence-corrected chi connectivity index (χ1v) is 7.05. The topological polar surface area (TPSA) is 35.2 Å². The van der Waals surface area contributed by atoms with Crippen LogP contribution in [0.1, 0.15) is 44.2 Å². The minimum Gasteiger partial charge on any atom is -0.494 e. The Morgan fingerprint density at radius 1 is 1.22 bits per heavy atom. The molecule has 2 N–H and O–H groups in total. The van der Waals surface area contributed by atoms with Gasteiger partial charge in [0, 0.05) is 0 Å². The molecule has 1 aromatic rings. The number of fused-ring (bicyclic) bond motifs is 1. The van der Waals surface area contributed by atoms with Crippen LogP contribution in [0.15, 0.2) is 18.2 Å². The van der Waals surface area contributed by atoms with Crippen molar-refractivity contribution in [1.82, 2.24) is 0 Å². The van der Waals surface area contributed by atoms with Gasteiger partial charge < -0.3 is 10.5 Å². The van der Waals surface area contributed by atoms with Crippen LogP contribution >= 0.6 is 0 Å². The monoisotopic (exact) mass is 247 g/mol. The van der Waals surface area contributed by atoms with Crippen LogP contribution in [-0.2, 0) is 12.8 Å². The third-order valence-corrected chi connectivity index (χ3v) is 3.89. The van der Waals surface area contributed by atoms with Gasteiger partial charge in [0.25, 0.3) is 0 Å². The lowest BCUT2D eigenvalue weighted by Crippen LogP contribution is -2.23. The third-order valence-electron chi connectivity index (χ3n) is 3.89. The molecule has 1 aliphatic rings. The lowest BCUT2D eigenvalue weighted by Gasteiger charge is -2.21. The average molecular weight is 247 g/mol. The fourth-order valence-corrected chi connectivity index (χ4v) is 2.48. The molecular weight excluding hydrogens is 222 g/mol. The molecule has 0 bridgehead atoms. The number of ether oxygens (including phenoxy) is 1. The molecule has 0 atom stereocenters. The summed E-state index contributed by atoms with van der Waals surface area (Å²) in [5.41, 5.74) is 8.95. The van der Waals surface area contributed by atoms with Gasteiger partial charge in [-0.3, -0.25) is 0 Å². The van der Waals surface area contributed by atoms with Gasteiger partial charge in [-0.2, -0.15) is 0 Å². The normalized spacial score (nSPS) is 14.6. The number of rotatable bonds is 6. The minimum absolute atomic E-state index is 0.237. The van der Waals surface area contributed by atoms with Gasteiger partial charge in [0.1, 0.15) is 5.75 Å². The van der Waals surface area contributed by atoms with Crippen LogP contribution in [0.25, 0.3) is 0 Å². The van der Waals surface area contributed by atoms with Crippen LogP contribution in [0.2, 0.25) is 0 Å². The van der Waals surface area contributed by atoms with Crippen molar-refractivity contribution < 1.29 is 4.74 Å². The Balaban J connectivity index is 1.77. The first kappa shape index (κ1) is 13.4. The fraction of sp³-hybridized carbons (Fsp3) is 0.625. The van der Waals surface area contributed by atoms with Gasteiger partial charge in [0.2, 0.25) is 0 Å². The van der Waals surface area contributed by atoms with Crippen molar-refractivity contribution in [3.05, 3.63) is 29.3 Å². The SMILES string of the molecule is CC(C)(CN)CCCOc1ccc2c(c1)CCC2. The van der Waals surface area contributed by atoms with Crippen molar-refractivity contribution in [3.8, 4) is 5.75 Å². The van der Waals surface area contributed by atoms with Crippen molar-refractivity contribution in [1.29, 1.82) is 0 Å². The van der Waals surface area contributed by atoms with E-state index in [1.54, 1.807) is 0 Å². The second-order valence-corrected chi connectivity index (χ2v) is 6.10.